The molecule has 0 aliphatic carbocycles. The number of carbonyl (C=O) groups excluding carboxylic acids is 2. The van der Waals surface area contributed by atoms with E-state index in [4.69, 9.17) is 4.74 Å². The van der Waals surface area contributed by atoms with Crippen molar-refractivity contribution in [2.45, 2.75) is 45.0 Å². The Bertz CT molecular complexity index is 845. The van der Waals surface area contributed by atoms with Gasteiger partial charge in [-0.15, -0.1) is 11.8 Å². The van der Waals surface area contributed by atoms with E-state index in [1.54, 1.807) is 30.7 Å². The van der Waals surface area contributed by atoms with Gasteiger partial charge in [0.05, 0.1) is 12.9 Å². The first-order chi connectivity index (χ1) is 14.9. The summed E-state index contributed by atoms with van der Waals surface area (Å²) in [6, 6.07) is 15.1. The molecule has 2 rings (SSSR count). The lowest BCUT2D eigenvalue weighted by atomic mass is 10.1. The van der Waals surface area contributed by atoms with Crippen LogP contribution >= 0.6 is 27.7 Å². The van der Waals surface area contributed by atoms with Gasteiger partial charge in [-0.1, -0.05) is 53.5 Å². The molecule has 2 aromatic rings. The van der Waals surface area contributed by atoms with Crippen molar-refractivity contribution >= 4 is 39.5 Å². The summed E-state index contributed by atoms with van der Waals surface area (Å²) in [5.74, 6) is 1.69. The summed E-state index contributed by atoms with van der Waals surface area (Å²) in [7, 11) is 1.64. The summed E-state index contributed by atoms with van der Waals surface area (Å²) in [4.78, 5) is 27.4. The third-order valence-corrected chi connectivity index (χ3v) is 6.37. The van der Waals surface area contributed by atoms with Crippen molar-refractivity contribution < 1.29 is 14.3 Å². The number of benzene rings is 2. The number of carbonyl (C=O) groups is 2. The molecule has 0 saturated carbocycles. The number of rotatable bonds is 12. The number of ether oxygens (including phenoxy) is 1. The summed E-state index contributed by atoms with van der Waals surface area (Å²) < 4.78 is 6.13. The molecule has 7 heteroatoms. The molecule has 2 amide bonds. The van der Waals surface area contributed by atoms with Crippen LogP contribution in [0.4, 0.5) is 0 Å². The highest BCUT2D eigenvalue weighted by Crippen LogP contribution is 2.19. The van der Waals surface area contributed by atoms with Crippen LogP contribution in [0.2, 0.25) is 0 Å². The van der Waals surface area contributed by atoms with E-state index in [2.05, 4.69) is 28.2 Å². The van der Waals surface area contributed by atoms with E-state index < -0.39 is 6.04 Å². The van der Waals surface area contributed by atoms with Crippen LogP contribution in [0.15, 0.2) is 53.0 Å². The highest BCUT2D eigenvalue weighted by molar-refractivity contribution is 9.10. The van der Waals surface area contributed by atoms with Gasteiger partial charge in [0.1, 0.15) is 11.8 Å². The van der Waals surface area contributed by atoms with Crippen LogP contribution in [0, 0.1) is 0 Å². The second-order valence-corrected chi connectivity index (χ2v) is 9.21. The second kappa shape index (κ2) is 13.4. The molecule has 2 aromatic carbocycles. The van der Waals surface area contributed by atoms with Crippen LogP contribution in [-0.4, -0.2) is 42.2 Å². The molecule has 1 N–H and O–H groups in total. The minimum absolute atomic E-state index is 0.0448. The molecule has 0 unspecified atom stereocenters. The Labute approximate surface area is 198 Å². The Balaban J connectivity index is 2.02. The van der Waals surface area contributed by atoms with E-state index >= 15 is 0 Å². The Morgan fingerprint density at radius 1 is 1.16 bits per heavy atom. The molecule has 0 radical (unpaired) electrons. The predicted molar refractivity (Wildman–Crippen MR) is 131 cm³/mol. The fraction of sp³-hybridized carbons (Fsp3) is 0.417. The lowest BCUT2D eigenvalue weighted by molar-refractivity contribution is -0.138. The molecule has 0 aliphatic heterocycles. The molecular weight excluding hydrogens is 476 g/mol. The second-order valence-electron chi connectivity index (χ2n) is 7.31. The monoisotopic (exact) mass is 506 g/mol. The number of hydrogen-bond donors (Lipinski definition) is 1. The number of unbranched alkanes of at least 4 members (excludes halogenated alkanes) is 1. The number of hydrogen-bond acceptors (Lipinski definition) is 4. The highest BCUT2D eigenvalue weighted by atomic mass is 79.9. The fourth-order valence-corrected chi connectivity index (χ4v) is 4.33. The van der Waals surface area contributed by atoms with Gasteiger partial charge in [-0.3, -0.25) is 9.59 Å². The number of thioether (sulfide) groups is 1. The maximum Gasteiger partial charge on any atom is 0.242 e. The van der Waals surface area contributed by atoms with Crippen LogP contribution in [0.1, 0.15) is 37.8 Å². The Morgan fingerprint density at radius 2 is 1.90 bits per heavy atom. The van der Waals surface area contributed by atoms with Gasteiger partial charge in [0.2, 0.25) is 11.8 Å². The van der Waals surface area contributed by atoms with Gasteiger partial charge in [0.25, 0.3) is 0 Å². The molecule has 5 nitrogen and oxygen atoms in total. The first-order valence-corrected chi connectivity index (χ1v) is 12.4. The van der Waals surface area contributed by atoms with E-state index in [-0.39, 0.29) is 11.8 Å². The van der Waals surface area contributed by atoms with Gasteiger partial charge < -0.3 is 15.0 Å². The molecule has 0 aliphatic rings. The van der Waals surface area contributed by atoms with E-state index in [0.29, 0.717) is 18.8 Å². The molecule has 0 saturated heterocycles. The molecule has 0 spiro atoms. The summed E-state index contributed by atoms with van der Waals surface area (Å²) >= 11 is 5.03. The molecule has 0 heterocycles. The molecule has 1 atom stereocenters. The normalized spacial score (nSPS) is 11.6. The van der Waals surface area contributed by atoms with Gasteiger partial charge in [0, 0.05) is 23.3 Å². The average Bonchev–Trinajstić information content (AvgIpc) is 2.77. The highest BCUT2D eigenvalue weighted by Gasteiger charge is 2.25. The van der Waals surface area contributed by atoms with Gasteiger partial charge in [-0.2, -0.15) is 0 Å². The standard InChI is InChI=1S/C24H31BrN2O3S/c1-4-5-13-26-24(29)18(2)27(15-20-7-6-8-21(25)14-20)23(28)17-31-16-19-9-11-22(30-3)12-10-19/h6-12,14,18H,4-5,13,15-17H2,1-3H3,(H,26,29)/t18-/m1/s1. The van der Waals surface area contributed by atoms with Gasteiger partial charge >= 0.3 is 0 Å². The topological polar surface area (TPSA) is 58.6 Å². The zero-order valence-corrected chi connectivity index (χ0v) is 20.8. The quantitative estimate of drug-likeness (QED) is 0.410. The molecule has 168 valence electrons. The molecule has 0 bridgehead atoms. The van der Waals surface area contributed by atoms with Crippen LogP contribution in [0.25, 0.3) is 0 Å². The summed E-state index contributed by atoms with van der Waals surface area (Å²) in [6.07, 6.45) is 1.94. The third-order valence-electron chi connectivity index (χ3n) is 4.89. The average molecular weight is 507 g/mol. The first-order valence-electron chi connectivity index (χ1n) is 10.5. The number of methoxy groups -OCH3 is 1. The molecule has 0 fully saturated rings. The summed E-state index contributed by atoms with van der Waals surface area (Å²) in [5.41, 5.74) is 2.11. The lowest BCUT2D eigenvalue weighted by Gasteiger charge is -2.29. The smallest absolute Gasteiger partial charge is 0.242 e. The molecule has 31 heavy (non-hydrogen) atoms. The molecular formula is C24H31BrN2O3S. The zero-order chi connectivity index (χ0) is 22.6. The minimum Gasteiger partial charge on any atom is -0.497 e. The van der Waals surface area contributed by atoms with Crippen LogP contribution in [-0.2, 0) is 21.9 Å². The van der Waals surface area contributed by atoms with Crippen LogP contribution in [0.5, 0.6) is 5.75 Å². The third kappa shape index (κ3) is 8.57. The van der Waals surface area contributed by atoms with Crippen LogP contribution in [0.3, 0.4) is 0 Å². The van der Waals surface area contributed by atoms with Crippen molar-refractivity contribution in [1.29, 1.82) is 0 Å². The predicted octanol–water partition coefficient (Wildman–Crippen LogP) is 5.02. The van der Waals surface area contributed by atoms with Crippen molar-refractivity contribution in [3.8, 4) is 5.75 Å². The SMILES string of the molecule is CCCCNC(=O)[C@@H](C)N(Cc1cccc(Br)c1)C(=O)CSCc1ccc(OC)cc1. The lowest BCUT2D eigenvalue weighted by Crippen LogP contribution is -2.48. The minimum atomic E-state index is -0.537. The van der Waals surface area contributed by atoms with E-state index in [9.17, 15) is 9.59 Å². The number of nitrogens with zero attached hydrogens (tertiary/aromatic N) is 1. The van der Waals surface area contributed by atoms with E-state index in [1.807, 2.05) is 48.5 Å². The maximum atomic E-state index is 13.1. The van der Waals surface area contributed by atoms with Gasteiger partial charge in [-0.05, 0) is 48.7 Å². The van der Waals surface area contributed by atoms with Crippen LogP contribution < -0.4 is 10.1 Å². The fourth-order valence-electron chi connectivity index (χ4n) is 3.01. The summed E-state index contributed by atoms with van der Waals surface area (Å²) in [6.45, 7) is 4.90. The van der Waals surface area contributed by atoms with Crippen molar-refractivity contribution in [1.82, 2.24) is 10.2 Å². The number of halogens is 1. The maximum absolute atomic E-state index is 13.1. The molecule has 0 aromatic heterocycles. The van der Waals surface area contributed by atoms with Crippen molar-refractivity contribution in [3.05, 3.63) is 64.1 Å². The van der Waals surface area contributed by atoms with E-state index in [1.165, 1.54) is 0 Å². The van der Waals surface area contributed by atoms with Gasteiger partial charge in [-0.25, -0.2) is 0 Å². The van der Waals surface area contributed by atoms with Crippen molar-refractivity contribution in [2.24, 2.45) is 0 Å². The largest absolute Gasteiger partial charge is 0.497 e. The Hall–Kier alpha value is -1.99. The zero-order valence-electron chi connectivity index (χ0n) is 18.4. The van der Waals surface area contributed by atoms with Gasteiger partial charge in [0.15, 0.2) is 0 Å². The first kappa shape index (κ1) is 25.3. The Morgan fingerprint density at radius 3 is 2.55 bits per heavy atom. The Kier molecular flexibility index (Phi) is 10.9. The number of amides is 2. The number of nitrogens with one attached hydrogen (secondary N) is 1. The van der Waals surface area contributed by atoms with Crippen molar-refractivity contribution in [2.75, 3.05) is 19.4 Å². The summed E-state index contributed by atoms with van der Waals surface area (Å²) in [5, 5.41) is 2.95. The van der Waals surface area contributed by atoms with E-state index in [0.717, 1.165) is 39.9 Å². The van der Waals surface area contributed by atoms with Crippen molar-refractivity contribution in [3.63, 3.8) is 0 Å².